The number of halogens is 3. The van der Waals surface area contributed by atoms with Crippen molar-refractivity contribution in [3.63, 3.8) is 0 Å². The quantitative estimate of drug-likeness (QED) is 0.357. The highest BCUT2D eigenvalue weighted by molar-refractivity contribution is 6.39. The van der Waals surface area contributed by atoms with E-state index in [4.69, 9.17) is 46.3 Å². The number of fused-ring (bicyclic) bond motifs is 1. The van der Waals surface area contributed by atoms with Crippen LogP contribution in [0.4, 0.5) is 17.6 Å². The summed E-state index contributed by atoms with van der Waals surface area (Å²) in [6.45, 7) is 1.75. The maximum absolute atomic E-state index is 13.4. The van der Waals surface area contributed by atoms with E-state index in [1.54, 1.807) is 25.1 Å². The fourth-order valence-corrected chi connectivity index (χ4v) is 3.55. The van der Waals surface area contributed by atoms with E-state index in [1.165, 1.54) is 10.8 Å². The number of H-pyrrole nitrogens is 1. The SMILES string of the molecule is C[C@H](Nc1nc(N)nc(N)c1Cl)c1nc2c(Cl)ccc(Cl)c2c(=O)n1-c1ccn[nH]1. The Kier molecular flexibility index (Phi) is 5.14. The van der Waals surface area contributed by atoms with Gasteiger partial charge in [-0.25, -0.2) is 9.55 Å². The zero-order valence-electron chi connectivity index (χ0n) is 15.3. The molecule has 0 fully saturated rings. The van der Waals surface area contributed by atoms with E-state index in [1.807, 2.05) is 0 Å². The van der Waals surface area contributed by atoms with Crippen LogP contribution < -0.4 is 22.3 Å². The smallest absolute Gasteiger partial charge is 0.268 e. The van der Waals surface area contributed by atoms with Gasteiger partial charge in [-0.05, 0) is 19.1 Å². The number of aromatic nitrogens is 6. The van der Waals surface area contributed by atoms with Crippen molar-refractivity contribution in [2.24, 2.45) is 0 Å². The minimum atomic E-state index is -0.591. The Morgan fingerprint density at radius 3 is 2.53 bits per heavy atom. The lowest BCUT2D eigenvalue weighted by Gasteiger charge is -2.20. The lowest BCUT2D eigenvalue weighted by atomic mass is 10.2. The van der Waals surface area contributed by atoms with Crippen LogP contribution in [0.1, 0.15) is 18.8 Å². The maximum atomic E-state index is 13.4. The van der Waals surface area contributed by atoms with Gasteiger partial charge in [-0.15, -0.1) is 0 Å². The number of hydrogen-bond acceptors (Lipinski definition) is 8. The summed E-state index contributed by atoms with van der Waals surface area (Å²) in [5.74, 6) is 0.844. The van der Waals surface area contributed by atoms with Gasteiger partial charge < -0.3 is 16.8 Å². The van der Waals surface area contributed by atoms with Crippen molar-refractivity contribution in [1.29, 1.82) is 0 Å². The molecule has 0 aliphatic carbocycles. The molecule has 0 saturated heterocycles. The summed E-state index contributed by atoms with van der Waals surface area (Å²) in [5, 5.41) is 10.5. The summed E-state index contributed by atoms with van der Waals surface area (Å²) < 4.78 is 1.34. The molecule has 13 heteroatoms. The largest absolute Gasteiger partial charge is 0.382 e. The maximum Gasteiger partial charge on any atom is 0.268 e. The van der Waals surface area contributed by atoms with Crippen molar-refractivity contribution in [2.75, 3.05) is 16.8 Å². The van der Waals surface area contributed by atoms with E-state index in [-0.39, 0.29) is 43.6 Å². The highest BCUT2D eigenvalue weighted by Gasteiger charge is 2.23. The second-order valence-corrected chi connectivity index (χ2v) is 7.49. The number of nitrogens with two attached hydrogens (primary N) is 2. The van der Waals surface area contributed by atoms with E-state index >= 15 is 0 Å². The predicted octanol–water partition coefficient (Wildman–Crippen LogP) is 3.20. The molecular formula is C17H14Cl3N9O. The van der Waals surface area contributed by atoms with Crippen molar-refractivity contribution < 1.29 is 0 Å². The lowest BCUT2D eigenvalue weighted by molar-refractivity contribution is 0.720. The molecule has 3 aromatic heterocycles. The third kappa shape index (κ3) is 3.38. The van der Waals surface area contributed by atoms with Gasteiger partial charge in [0.15, 0.2) is 5.82 Å². The van der Waals surface area contributed by atoms with Crippen molar-refractivity contribution in [2.45, 2.75) is 13.0 Å². The molecule has 0 aliphatic rings. The number of anilines is 3. The second kappa shape index (κ2) is 7.63. The molecule has 4 rings (SSSR count). The third-order valence-corrected chi connectivity index (χ3v) is 5.30. The molecule has 0 aliphatic heterocycles. The van der Waals surface area contributed by atoms with Crippen LogP contribution >= 0.6 is 34.8 Å². The summed E-state index contributed by atoms with van der Waals surface area (Å²) in [7, 11) is 0. The van der Waals surface area contributed by atoms with Crippen molar-refractivity contribution >= 4 is 63.3 Å². The van der Waals surface area contributed by atoms with Gasteiger partial charge in [-0.2, -0.15) is 15.1 Å². The van der Waals surface area contributed by atoms with E-state index in [0.29, 0.717) is 11.6 Å². The van der Waals surface area contributed by atoms with Crippen LogP contribution in [0.25, 0.3) is 16.7 Å². The Labute approximate surface area is 184 Å². The van der Waals surface area contributed by atoms with Gasteiger partial charge >= 0.3 is 0 Å². The number of nitrogen functional groups attached to an aromatic ring is 2. The number of nitrogens with zero attached hydrogens (tertiary/aromatic N) is 5. The molecule has 10 nitrogen and oxygen atoms in total. The molecule has 6 N–H and O–H groups in total. The van der Waals surface area contributed by atoms with E-state index in [2.05, 4.69) is 30.5 Å². The summed E-state index contributed by atoms with van der Waals surface area (Å²) in [6, 6.07) is 4.15. The Balaban J connectivity index is 1.95. The Hall–Kier alpha value is -3.08. The Bertz CT molecular complexity index is 1320. The van der Waals surface area contributed by atoms with Crippen LogP contribution in [-0.2, 0) is 0 Å². The zero-order chi connectivity index (χ0) is 21.6. The standard InChI is InChI=1S/C17H14Cl3N9O/c1-6(24-14-11(20)13(21)26-17(22)27-14)15-25-12-8(19)3-2-7(18)10(12)16(30)29(15)9-4-5-23-28-9/h2-6H,1H3,(H,23,28)(H5,21,22,24,26,27)/t6-/m0/s1. The normalized spacial score (nSPS) is 12.3. The average molecular weight is 467 g/mol. The van der Waals surface area contributed by atoms with Gasteiger partial charge in [0.1, 0.15) is 22.5 Å². The summed E-state index contributed by atoms with van der Waals surface area (Å²) in [4.78, 5) is 25.8. The molecule has 0 bridgehead atoms. The first-order chi connectivity index (χ1) is 14.3. The third-order valence-electron chi connectivity index (χ3n) is 4.31. The van der Waals surface area contributed by atoms with E-state index in [0.717, 1.165) is 0 Å². The van der Waals surface area contributed by atoms with Gasteiger partial charge in [0.25, 0.3) is 5.56 Å². The van der Waals surface area contributed by atoms with Gasteiger partial charge in [-0.1, -0.05) is 34.8 Å². The summed E-state index contributed by atoms with van der Waals surface area (Å²) in [6.07, 6.45) is 1.51. The van der Waals surface area contributed by atoms with E-state index in [9.17, 15) is 4.79 Å². The number of rotatable bonds is 4. The van der Waals surface area contributed by atoms with Crippen LogP contribution in [0.5, 0.6) is 0 Å². The van der Waals surface area contributed by atoms with Gasteiger partial charge in [0, 0.05) is 6.07 Å². The highest BCUT2D eigenvalue weighted by atomic mass is 35.5. The molecular weight excluding hydrogens is 453 g/mol. The minimum absolute atomic E-state index is 0.0196. The van der Waals surface area contributed by atoms with Gasteiger partial charge in [0.2, 0.25) is 5.95 Å². The predicted molar refractivity (Wildman–Crippen MR) is 117 cm³/mol. The fourth-order valence-electron chi connectivity index (χ4n) is 2.98. The molecule has 0 saturated carbocycles. The van der Waals surface area contributed by atoms with Gasteiger partial charge in [0.05, 0.1) is 33.2 Å². The van der Waals surface area contributed by atoms with Crippen molar-refractivity contribution in [3.05, 3.63) is 55.6 Å². The van der Waals surface area contributed by atoms with Crippen molar-refractivity contribution in [3.8, 4) is 5.82 Å². The first-order valence-corrected chi connectivity index (χ1v) is 9.66. The molecule has 0 spiro atoms. The first kappa shape index (κ1) is 20.2. The number of nitrogens with one attached hydrogen (secondary N) is 2. The highest BCUT2D eigenvalue weighted by Crippen LogP contribution is 2.31. The summed E-state index contributed by atoms with van der Waals surface area (Å²) in [5.41, 5.74) is 11.3. The Morgan fingerprint density at radius 1 is 1.10 bits per heavy atom. The summed E-state index contributed by atoms with van der Waals surface area (Å²) >= 11 is 18.8. The molecule has 0 radical (unpaired) electrons. The first-order valence-electron chi connectivity index (χ1n) is 8.53. The van der Waals surface area contributed by atoms with Crippen LogP contribution in [0.15, 0.2) is 29.2 Å². The van der Waals surface area contributed by atoms with Crippen molar-refractivity contribution in [1.82, 2.24) is 29.7 Å². The average Bonchev–Trinajstić information content (AvgIpc) is 3.22. The molecule has 30 heavy (non-hydrogen) atoms. The fraction of sp³-hybridized carbons (Fsp3) is 0.118. The van der Waals surface area contributed by atoms with Gasteiger partial charge in [-0.3, -0.25) is 9.89 Å². The number of hydrogen-bond donors (Lipinski definition) is 4. The molecule has 1 aromatic carbocycles. The molecule has 154 valence electrons. The second-order valence-electron chi connectivity index (χ2n) is 6.30. The lowest BCUT2D eigenvalue weighted by Crippen LogP contribution is -2.28. The van der Waals surface area contributed by atoms with Crippen LogP contribution in [0, 0.1) is 0 Å². The molecule has 1 atom stereocenters. The van der Waals surface area contributed by atoms with Crippen LogP contribution in [0.2, 0.25) is 15.1 Å². The van der Waals surface area contributed by atoms with Crippen LogP contribution in [-0.4, -0.2) is 29.7 Å². The zero-order valence-corrected chi connectivity index (χ0v) is 17.6. The number of aromatic amines is 1. The Morgan fingerprint density at radius 2 is 1.83 bits per heavy atom. The number of benzene rings is 1. The molecule has 4 aromatic rings. The van der Waals surface area contributed by atoms with Crippen LogP contribution in [0.3, 0.4) is 0 Å². The monoisotopic (exact) mass is 465 g/mol. The molecule has 0 amide bonds. The minimum Gasteiger partial charge on any atom is -0.382 e. The van der Waals surface area contributed by atoms with E-state index < -0.39 is 11.6 Å². The topological polar surface area (TPSA) is 153 Å². The molecule has 0 unspecified atom stereocenters. The molecule has 3 heterocycles.